The smallest absolute Gasteiger partial charge is 0.340 e. The average Bonchev–Trinajstić information content (AvgIpc) is 2.77. The van der Waals surface area contributed by atoms with Crippen LogP contribution in [0.25, 0.3) is 16.5 Å². The zero-order valence-corrected chi connectivity index (χ0v) is 17.6. The van der Waals surface area contributed by atoms with Crippen LogP contribution in [0.5, 0.6) is 0 Å². The third kappa shape index (κ3) is 3.77. The molecular formula is C22H20N2O7. The summed E-state index contributed by atoms with van der Waals surface area (Å²) in [6, 6.07) is 5.75. The molecule has 9 heteroatoms. The van der Waals surface area contributed by atoms with Gasteiger partial charge in [-0.25, -0.2) is 14.4 Å². The van der Waals surface area contributed by atoms with Crippen molar-refractivity contribution in [1.82, 2.24) is 9.55 Å². The van der Waals surface area contributed by atoms with Gasteiger partial charge in [0.2, 0.25) is 0 Å². The van der Waals surface area contributed by atoms with Gasteiger partial charge in [0.25, 0.3) is 5.56 Å². The lowest BCUT2D eigenvalue weighted by atomic mass is 10.0. The summed E-state index contributed by atoms with van der Waals surface area (Å²) in [4.78, 5) is 54.1. The Bertz CT molecular complexity index is 1260. The van der Waals surface area contributed by atoms with Crippen LogP contribution in [0, 0.1) is 13.8 Å². The average molecular weight is 424 g/mol. The Labute approximate surface area is 177 Å². The lowest BCUT2D eigenvalue weighted by Gasteiger charge is -2.14. The van der Waals surface area contributed by atoms with Crippen LogP contribution in [0.15, 0.2) is 35.3 Å². The zero-order valence-electron chi connectivity index (χ0n) is 17.6. The second-order valence-electron chi connectivity index (χ2n) is 6.68. The molecule has 0 saturated heterocycles. The number of fused-ring (bicyclic) bond motifs is 1. The second kappa shape index (κ2) is 8.39. The van der Waals surface area contributed by atoms with Crippen molar-refractivity contribution in [3.63, 3.8) is 0 Å². The summed E-state index contributed by atoms with van der Waals surface area (Å²) in [6.07, 6.45) is 1.45. The first-order valence-electron chi connectivity index (χ1n) is 9.16. The van der Waals surface area contributed by atoms with Crippen LogP contribution in [0.3, 0.4) is 0 Å². The number of methoxy groups -OCH3 is 3. The molecule has 0 atom stereocenters. The summed E-state index contributed by atoms with van der Waals surface area (Å²) < 4.78 is 15.6. The van der Waals surface area contributed by atoms with Gasteiger partial charge in [0.05, 0.1) is 60.5 Å². The van der Waals surface area contributed by atoms with E-state index in [0.29, 0.717) is 16.8 Å². The van der Waals surface area contributed by atoms with Crippen LogP contribution in [-0.2, 0) is 14.2 Å². The summed E-state index contributed by atoms with van der Waals surface area (Å²) >= 11 is 0. The molecule has 0 bridgehead atoms. The summed E-state index contributed by atoms with van der Waals surface area (Å²) in [5.41, 5.74) is 0.973. The van der Waals surface area contributed by atoms with Crippen molar-refractivity contribution in [2.45, 2.75) is 13.8 Å². The summed E-state index contributed by atoms with van der Waals surface area (Å²) in [6.45, 7) is 3.32. The molecule has 160 valence electrons. The minimum Gasteiger partial charge on any atom is -0.465 e. The van der Waals surface area contributed by atoms with E-state index in [1.54, 1.807) is 19.9 Å². The number of aromatic nitrogens is 2. The van der Waals surface area contributed by atoms with Crippen molar-refractivity contribution >= 4 is 28.7 Å². The summed E-state index contributed by atoms with van der Waals surface area (Å²) in [7, 11) is 3.67. The van der Waals surface area contributed by atoms with E-state index in [2.05, 4.69) is 4.98 Å². The Balaban J connectivity index is 2.35. The van der Waals surface area contributed by atoms with E-state index >= 15 is 0 Å². The Morgan fingerprint density at radius 1 is 0.839 bits per heavy atom. The number of carbonyl (C=O) groups excluding carboxylic acids is 3. The molecule has 0 aliphatic heterocycles. The summed E-state index contributed by atoms with van der Waals surface area (Å²) in [5, 5.41) is 0.618. The van der Waals surface area contributed by atoms with Crippen LogP contribution >= 0.6 is 0 Å². The van der Waals surface area contributed by atoms with Gasteiger partial charge >= 0.3 is 17.9 Å². The standard InChI is InChI=1S/C22H20N2O7/c1-11-17-16(18(12(2)23-11)22(28)31-5)6-7-24(19(17)25)15-9-13(20(26)29-3)8-14(10-15)21(27)30-4/h6-10H,1-5H3. The van der Waals surface area contributed by atoms with E-state index in [4.69, 9.17) is 14.2 Å². The number of hydrogen-bond donors (Lipinski definition) is 0. The van der Waals surface area contributed by atoms with Crippen LogP contribution < -0.4 is 5.56 Å². The fraction of sp³-hybridized carbons (Fsp3) is 0.227. The Morgan fingerprint density at radius 3 is 1.90 bits per heavy atom. The van der Waals surface area contributed by atoms with Crippen LogP contribution in [0.4, 0.5) is 0 Å². The molecule has 0 amide bonds. The monoisotopic (exact) mass is 424 g/mol. The van der Waals surface area contributed by atoms with E-state index in [0.717, 1.165) is 0 Å². The quantitative estimate of drug-likeness (QED) is 0.463. The Kier molecular flexibility index (Phi) is 5.87. The van der Waals surface area contributed by atoms with Gasteiger partial charge in [-0.15, -0.1) is 0 Å². The first kappa shape index (κ1) is 21.7. The molecule has 0 aliphatic rings. The predicted molar refractivity (Wildman–Crippen MR) is 111 cm³/mol. The third-order valence-electron chi connectivity index (χ3n) is 4.85. The van der Waals surface area contributed by atoms with Crippen molar-refractivity contribution in [2.24, 2.45) is 0 Å². The highest BCUT2D eigenvalue weighted by molar-refractivity contribution is 6.05. The number of nitrogens with zero attached hydrogens (tertiary/aromatic N) is 2. The first-order chi connectivity index (χ1) is 14.7. The topological polar surface area (TPSA) is 114 Å². The molecule has 2 heterocycles. The molecule has 1 aromatic carbocycles. The molecular weight excluding hydrogens is 404 g/mol. The fourth-order valence-corrected chi connectivity index (χ4v) is 3.44. The maximum atomic E-state index is 13.4. The normalized spacial score (nSPS) is 10.6. The number of pyridine rings is 2. The minimum atomic E-state index is -0.678. The molecule has 0 saturated carbocycles. The molecule has 0 spiro atoms. The van der Waals surface area contributed by atoms with Gasteiger partial charge in [0.15, 0.2) is 0 Å². The van der Waals surface area contributed by atoms with Gasteiger partial charge in [0, 0.05) is 11.6 Å². The molecule has 0 radical (unpaired) electrons. The van der Waals surface area contributed by atoms with Gasteiger partial charge in [-0.05, 0) is 38.1 Å². The molecule has 3 rings (SSSR count). The van der Waals surface area contributed by atoms with Crippen LogP contribution in [0.1, 0.15) is 42.5 Å². The van der Waals surface area contributed by atoms with Gasteiger partial charge < -0.3 is 14.2 Å². The number of carbonyl (C=O) groups is 3. The molecule has 2 aromatic heterocycles. The lowest BCUT2D eigenvalue weighted by Crippen LogP contribution is -2.21. The number of aryl methyl sites for hydroxylation is 2. The maximum Gasteiger partial charge on any atom is 0.340 e. The highest BCUT2D eigenvalue weighted by Crippen LogP contribution is 2.23. The SMILES string of the molecule is COC(=O)c1cc(C(=O)OC)cc(-n2ccc3c(C(=O)OC)c(C)nc(C)c3c2=O)c1. The maximum absolute atomic E-state index is 13.4. The number of ether oxygens (including phenoxy) is 3. The molecule has 3 aromatic rings. The van der Waals surface area contributed by atoms with E-state index in [1.807, 2.05) is 0 Å². The molecule has 0 aliphatic carbocycles. The molecule has 0 unspecified atom stereocenters. The Hall–Kier alpha value is -4.01. The van der Waals surface area contributed by atoms with Crippen LogP contribution in [-0.4, -0.2) is 48.8 Å². The van der Waals surface area contributed by atoms with Gasteiger partial charge in [-0.1, -0.05) is 0 Å². The molecule has 31 heavy (non-hydrogen) atoms. The highest BCUT2D eigenvalue weighted by atomic mass is 16.5. The summed E-state index contributed by atoms with van der Waals surface area (Å²) in [5.74, 6) is -1.96. The zero-order chi connectivity index (χ0) is 22.9. The van der Waals surface area contributed by atoms with Crippen molar-refractivity contribution in [3.05, 3.63) is 68.9 Å². The van der Waals surface area contributed by atoms with E-state index < -0.39 is 23.5 Å². The van der Waals surface area contributed by atoms with Gasteiger partial charge in [0.1, 0.15) is 0 Å². The van der Waals surface area contributed by atoms with Gasteiger partial charge in [-0.2, -0.15) is 0 Å². The second-order valence-corrected chi connectivity index (χ2v) is 6.68. The number of hydrogen-bond acceptors (Lipinski definition) is 8. The van der Waals surface area contributed by atoms with Crippen molar-refractivity contribution < 1.29 is 28.6 Å². The molecule has 0 N–H and O–H groups in total. The van der Waals surface area contributed by atoms with Crippen molar-refractivity contribution in [1.29, 1.82) is 0 Å². The lowest BCUT2D eigenvalue weighted by molar-refractivity contribution is 0.0587. The van der Waals surface area contributed by atoms with E-state index in [9.17, 15) is 19.2 Å². The largest absolute Gasteiger partial charge is 0.465 e. The number of rotatable bonds is 4. The predicted octanol–water partition coefficient (Wildman–Crippen LogP) is 2.36. The third-order valence-corrected chi connectivity index (χ3v) is 4.85. The van der Waals surface area contributed by atoms with Crippen LogP contribution in [0.2, 0.25) is 0 Å². The fourth-order valence-electron chi connectivity index (χ4n) is 3.44. The first-order valence-corrected chi connectivity index (χ1v) is 9.16. The number of esters is 3. The highest BCUT2D eigenvalue weighted by Gasteiger charge is 2.21. The molecule has 0 fully saturated rings. The van der Waals surface area contributed by atoms with Crippen molar-refractivity contribution in [2.75, 3.05) is 21.3 Å². The van der Waals surface area contributed by atoms with Gasteiger partial charge in [-0.3, -0.25) is 14.3 Å². The minimum absolute atomic E-state index is 0.0707. The van der Waals surface area contributed by atoms with E-state index in [-0.39, 0.29) is 27.8 Å². The van der Waals surface area contributed by atoms with E-state index in [1.165, 1.54) is 50.3 Å². The Morgan fingerprint density at radius 2 is 1.39 bits per heavy atom. The van der Waals surface area contributed by atoms with Crippen molar-refractivity contribution in [3.8, 4) is 5.69 Å². The number of benzene rings is 1. The molecule has 9 nitrogen and oxygen atoms in total.